The second-order valence-electron chi connectivity index (χ2n) is 4.07. The lowest BCUT2D eigenvalue weighted by Crippen LogP contribution is -2.25. The van der Waals surface area contributed by atoms with E-state index in [0.29, 0.717) is 15.7 Å². The highest BCUT2D eigenvalue weighted by molar-refractivity contribution is 6.35. The normalized spacial score (nSPS) is 9.86. The van der Waals surface area contributed by atoms with Gasteiger partial charge in [0.1, 0.15) is 0 Å². The molecule has 0 aliphatic rings. The highest BCUT2D eigenvalue weighted by atomic mass is 35.5. The van der Waals surface area contributed by atoms with Crippen molar-refractivity contribution < 1.29 is 19.1 Å². The van der Waals surface area contributed by atoms with Crippen LogP contribution >= 0.6 is 23.2 Å². The van der Waals surface area contributed by atoms with Gasteiger partial charge in [-0.3, -0.25) is 14.4 Å². The van der Waals surface area contributed by atoms with Crippen LogP contribution in [0.3, 0.4) is 0 Å². The standard InChI is InChI=1S/C13H14Cl2N2O4/c1-8(18)16-5-4-13(20)21-7-12(19)17-11-6-9(14)2-3-10(11)15/h2-3,6H,4-5,7H2,1H3,(H,16,18)(H,17,19). The molecule has 0 aliphatic carbocycles. The molecule has 0 saturated heterocycles. The van der Waals surface area contributed by atoms with E-state index in [0.717, 1.165) is 0 Å². The van der Waals surface area contributed by atoms with Crippen LogP contribution in [-0.2, 0) is 19.1 Å². The van der Waals surface area contributed by atoms with Gasteiger partial charge in [0, 0.05) is 18.5 Å². The van der Waals surface area contributed by atoms with Crippen molar-refractivity contribution in [3.05, 3.63) is 28.2 Å². The zero-order chi connectivity index (χ0) is 15.8. The Labute approximate surface area is 131 Å². The monoisotopic (exact) mass is 332 g/mol. The minimum atomic E-state index is -0.587. The third-order valence-electron chi connectivity index (χ3n) is 2.27. The highest BCUT2D eigenvalue weighted by Crippen LogP contribution is 2.25. The van der Waals surface area contributed by atoms with E-state index < -0.39 is 18.5 Å². The van der Waals surface area contributed by atoms with Gasteiger partial charge in [0.2, 0.25) is 5.91 Å². The van der Waals surface area contributed by atoms with Gasteiger partial charge in [0.25, 0.3) is 5.91 Å². The Kier molecular flexibility index (Phi) is 6.98. The van der Waals surface area contributed by atoms with Crippen molar-refractivity contribution in [2.45, 2.75) is 13.3 Å². The van der Waals surface area contributed by atoms with E-state index in [1.54, 1.807) is 12.1 Å². The molecule has 0 heterocycles. The molecular weight excluding hydrogens is 319 g/mol. The Balaban J connectivity index is 2.35. The summed E-state index contributed by atoms with van der Waals surface area (Å²) in [4.78, 5) is 33.5. The molecule has 2 N–H and O–H groups in total. The first-order valence-electron chi connectivity index (χ1n) is 6.03. The summed E-state index contributed by atoms with van der Waals surface area (Å²) in [6, 6.07) is 4.61. The van der Waals surface area contributed by atoms with E-state index in [1.807, 2.05) is 0 Å². The SMILES string of the molecule is CC(=O)NCCC(=O)OCC(=O)Nc1cc(Cl)ccc1Cl. The number of nitrogens with one attached hydrogen (secondary N) is 2. The number of ether oxygens (including phenoxy) is 1. The number of hydrogen-bond donors (Lipinski definition) is 2. The zero-order valence-electron chi connectivity index (χ0n) is 11.2. The average Bonchev–Trinajstić information content (AvgIpc) is 2.40. The zero-order valence-corrected chi connectivity index (χ0v) is 12.8. The van der Waals surface area contributed by atoms with Crippen molar-refractivity contribution in [1.29, 1.82) is 0 Å². The van der Waals surface area contributed by atoms with Crippen LogP contribution in [0.4, 0.5) is 5.69 Å². The van der Waals surface area contributed by atoms with Gasteiger partial charge in [-0.2, -0.15) is 0 Å². The lowest BCUT2D eigenvalue weighted by molar-refractivity contribution is -0.147. The van der Waals surface area contributed by atoms with Gasteiger partial charge in [-0.1, -0.05) is 23.2 Å². The van der Waals surface area contributed by atoms with Crippen LogP contribution in [0.1, 0.15) is 13.3 Å². The molecule has 1 rings (SSSR count). The summed E-state index contributed by atoms with van der Waals surface area (Å²) in [6.45, 7) is 1.06. The third kappa shape index (κ3) is 6.97. The Morgan fingerprint density at radius 2 is 1.95 bits per heavy atom. The molecule has 1 aromatic rings. The number of anilines is 1. The minimum absolute atomic E-state index is 0.00915. The van der Waals surface area contributed by atoms with Crippen LogP contribution < -0.4 is 10.6 Å². The van der Waals surface area contributed by atoms with E-state index >= 15 is 0 Å². The molecule has 114 valence electrons. The summed E-state index contributed by atoms with van der Waals surface area (Å²) < 4.78 is 4.75. The fourth-order valence-electron chi connectivity index (χ4n) is 1.34. The Morgan fingerprint density at radius 1 is 1.24 bits per heavy atom. The number of amides is 2. The van der Waals surface area contributed by atoms with E-state index in [9.17, 15) is 14.4 Å². The third-order valence-corrected chi connectivity index (χ3v) is 2.83. The lowest BCUT2D eigenvalue weighted by Gasteiger charge is -2.08. The smallest absolute Gasteiger partial charge is 0.308 e. The molecule has 2 amide bonds. The molecular formula is C13H14Cl2N2O4. The van der Waals surface area contributed by atoms with Gasteiger partial charge >= 0.3 is 5.97 Å². The molecule has 21 heavy (non-hydrogen) atoms. The van der Waals surface area contributed by atoms with E-state index in [4.69, 9.17) is 27.9 Å². The molecule has 0 saturated carbocycles. The second-order valence-corrected chi connectivity index (χ2v) is 4.91. The van der Waals surface area contributed by atoms with Crippen molar-refractivity contribution >= 4 is 46.7 Å². The molecule has 0 unspecified atom stereocenters. The largest absolute Gasteiger partial charge is 0.456 e. The highest BCUT2D eigenvalue weighted by Gasteiger charge is 2.10. The fraction of sp³-hybridized carbons (Fsp3) is 0.308. The predicted molar refractivity (Wildman–Crippen MR) is 79.4 cm³/mol. The molecule has 0 bridgehead atoms. The first-order valence-corrected chi connectivity index (χ1v) is 6.79. The van der Waals surface area contributed by atoms with Gasteiger partial charge < -0.3 is 15.4 Å². The first kappa shape index (κ1) is 17.3. The molecule has 0 fully saturated rings. The van der Waals surface area contributed by atoms with Crippen LogP contribution in [0.25, 0.3) is 0 Å². The number of esters is 1. The molecule has 0 spiro atoms. The maximum absolute atomic E-state index is 11.6. The summed E-state index contributed by atoms with van der Waals surface area (Å²) >= 11 is 11.7. The number of carbonyl (C=O) groups is 3. The number of hydrogen-bond acceptors (Lipinski definition) is 4. The molecule has 0 aromatic heterocycles. The van der Waals surface area contributed by atoms with Gasteiger partial charge in [-0.25, -0.2) is 0 Å². The quantitative estimate of drug-likeness (QED) is 0.780. The Hall–Kier alpha value is -1.79. The number of rotatable bonds is 6. The topological polar surface area (TPSA) is 84.5 Å². The van der Waals surface area contributed by atoms with Crippen LogP contribution in [0.15, 0.2) is 18.2 Å². The minimum Gasteiger partial charge on any atom is -0.456 e. The van der Waals surface area contributed by atoms with Crippen molar-refractivity contribution in [2.24, 2.45) is 0 Å². The number of carbonyl (C=O) groups excluding carboxylic acids is 3. The van der Waals surface area contributed by atoms with E-state index in [1.165, 1.54) is 13.0 Å². The lowest BCUT2D eigenvalue weighted by atomic mass is 10.3. The summed E-state index contributed by atoms with van der Waals surface area (Å²) in [6.07, 6.45) is -0.00915. The molecule has 8 heteroatoms. The first-order chi connectivity index (χ1) is 9.88. The van der Waals surface area contributed by atoms with Crippen LogP contribution in [0.2, 0.25) is 10.0 Å². The summed E-state index contributed by atoms with van der Waals surface area (Å²) in [5.74, 6) is -1.36. The number of halogens is 2. The Bertz CT molecular complexity index is 549. The maximum Gasteiger partial charge on any atom is 0.308 e. The van der Waals surface area contributed by atoms with Gasteiger partial charge in [0.15, 0.2) is 6.61 Å². The second kappa shape index (κ2) is 8.49. The van der Waals surface area contributed by atoms with Gasteiger partial charge in [-0.05, 0) is 18.2 Å². The molecule has 0 aliphatic heterocycles. The Morgan fingerprint density at radius 3 is 2.62 bits per heavy atom. The summed E-state index contributed by atoms with van der Waals surface area (Å²) in [7, 11) is 0. The van der Waals surface area contributed by atoms with Crippen LogP contribution in [0.5, 0.6) is 0 Å². The van der Waals surface area contributed by atoms with Crippen molar-refractivity contribution in [3.8, 4) is 0 Å². The van der Waals surface area contributed by atoms with Crippen LogP contribution in [0, 0.1) is 0 Å². The molecule has 0 atom stereocenters. The van der Waals surface area contributed by atoms with Crippen LogP contribution in [-0.4, -0.2) is 30.9 Å². The predicted octanol–water partition coefficient (Wildman–Crippen LogP) is 2.00. The van der Waals surface area contributed by atoms with E-state index in [-0.39, 0.29) is 18.9 Å². The average molecular weight is 333 g/mol. The number of benzene rings is 1. The van der Waals surface area contributed by atoms with E-state index in [2.05, 4.69) is 10.6 Å². The van der Waals surface area contributed by atoms with Crippen molar-refractivity contribution in [1.82, 2.24) is 5.32 Å². The maximum atomic E-state index is 11.6. The summed E-state index contributed by atoms with van der Waals surface area (Å²) in [5, 5.41) is 5.67. The molecule has 0 radical (unpaired) electrons. The fourth-order valence-corrected chi connectivity index (χ4v) is 1.68. The van der Waals surface area contributed by atoms with Crippen molar-refractivity contribution in [2.75, 3.05) is 18.5 Å². The van der Waals surface area contributed by atoms with Gasteiger partial charge in [-0.15, -0.1) is 0 Å². The van der Waals surface area contributed by atoms with Gasteiger partial charge in [0.05, 0.1) is 17.1 Å². The molecule has 6 nitrogen and oxygen atoms in total. The summed E-state index contributed by atoms with van der Waals surface area (Å²) in [5.41, 5.74) is 0.337. The molecule has 1 aromatic carbocycles. The van der Waals surface area contributed by atoms with Crippen molar-refractivity contribution in [3.63, 3.8) is 0 Å².